The van der Waals surface area contributed by atoms with Gasteiger partial charge < -0.3 is 0 Å². The highest BCUT2D eigenvalue weighted by Crippen LogP contribution is 2.39. The number of hydrogen-bond donors (Lipinski definition) is 1. The van der Waals surface area contributed by atoms with Crippen LogP contribution in [-0.2, 0) is 11.8 Å². The summed E-state index contributed by atoms with van der Waals surface area (Å²) in [5.74, 6) is 1.07. The van der Waals surface area contributed by atoms with Crippen molar-refractivity contribution in [2.24, 2.45) is 5.92 Å². The first-order valence-electron chi connectivity index (χ1n) is 10.4. The summed E-state index contributed by atoms with van der Waals surface area (Å²) in [6.45, 7) is 6.68. The van der Waals surface area contributed by atoms with Gasteiger partial charge in [-0.3, -0.25) is 9.78 Å². The molecule has 4 aromatic rings. The second kappa shape index (κ2) is 8.60. The summed E-state index contributed by atoms with van der Waals surface area (Å²) >= 11 is 0. The first kappa shape index (κ1) is 20.6. The third kappa shape index (κ3) is 4.14. The molecule has 1 atom stereocenters. The van der Waals surface area contributed by atoms with Gasteiger partial charge >= 0.3 is 0 Å². The van der Waals surface area contributed by atoms with Crippen LogP contribution in [0.2, 0.25) is 0 Å². The Morgan fingerprint density at radius 3 is 2.19 bits per heavy atom. The number of carbonyl (C=O) groups is 1. The van der Waals surface area contributed by atoms with Crippen molar-refractivity contribution in [1.82, 2.24) is 25.6 Å². The number of benzene rings is 2. The standard InChI is InChI=1S/C25H25N5O/c1-17(2)25(3,21-13-9-19(10-14-21)24-27-29-30-28-24)20-11-7-18(8-12-20)23(31)16-22-6-4-5-15-26-22/h4-15,17H,16H2,1-3H3,(H,27,28,29,30). The normalized spacial score (nSPS) is 13.2. The number of aromatic amines is 1. The van der Waals surface area contributed by atoms with Crippen molar-refractivity contribution in [2.75, 3.05) is 0 Å². The van der Waals surface area contributed by atoms with E-state index < -0.39 is 0 Å². The van der Waals surface area contributed by atoms with Gasteiger partial charge in [0.1, 0.15) is 0 Å². The maximum atomic E-state index is 12.7. The number of aromatic nitrogens is 5. The number of nitrogens with zero attached hydrogens (tertiary/aromatic N) is 4. The zero-order valence-electron chi connectivity index (χ0n) is 17.9. The first-order chi connectivity index (χ1) is 15.0. The number of pyridine rings is 1. The van der Waals surface area contributed by atoms with E-state index in [0.717, 1.165) is 11.3 Å². The van der Waals surface area contributed by atoms with E-state index in [2.05, 4.69) is 70.6 Å². The highest BCUT2D eigenvalue weighted by atomic mass is 16.1. The van der Waals surface area contributed by atoms with E-state index in [0.29, 0.717) is 23.7 Å². The summed E-state index contributed by atoms with van der Waals surface area (Å²) in [7, 11) is 0. The second-order valence-electron chi connectivity index (χ2n) is 8.18. The molecule has 0 radical (unpaired) electrons. The van der Waals surface area contributed by atoms with Gasteiger partial charge in [-0.05, 0) is 39.6 Å². The molecule has 0 aliphatic carbocycles. The molecule has 0 aliphatic rings. The van der Waals surface area contributed by atoms with Crippen LogP contribution in [0, 0.1) is 5.92 Å². The number of Topliss-reactive ketones (excluding diaryl/α,β-unsaturated/α-hetero) is 1. The molecule has 4 rings (SSSR count). The van der Waals surface area contributed by atoms with E-state index in [1.54, 1.807) is 6.20 Å². The average Bonchev–Trinajstić information content (AvgIpc) is 3.34. The summed E-state index contributed by atoms with van der Waals surface area (Å²) < 4.78 is 0. The van der Waals surface area contributed by atoms with E-state index in [-0.39, 0.29) is 11.2 Å². The van der Waals surface area contributed by atoms with E-state index >= 15 is 0 Å². The van der Waals surface area contributed by atoms with Crippen molar-refractivity contribution < 1.29 is 4.79 Å². The average molecular weight is 412 g/mol. The van der Waals surface area contributed by atoms with E-state index in [1.807, 2.05) is 42.5 Å². The second-order valence-corrected chi connectivity index (χ2v) is 8.18. The molecule has 31 heavy (non-hydrogen) atoms. The van der Waals surface area contributed by atoms with Crippen LogP contribution in [0.1, 0.15) is 48.0 Å². The fraction of sp³-hybridized carbons (Fsp3) is 0.240. The molecular formula is C25H25N5O. The quantitative estimate of drug-likeness (QED) is 0.448. The molecule has 2 aromatic carbocycles. The van der Waals surface area contributed by atoms with Crippen molar-refractivity contribution in [3.05, 3.63) is 95.3 Å². The molecule has 1 unspecified atom stereocenters. The van der Waals surface area contributed by atoms with Crippen LogP contribution < -0.4 is 0 Å². The van der Waals surface area contributed by atoms with Gasteiger partial charge in [0.2, 0.25) is 0 Å². The van der Waals surface area contributed by atoms with Crippen molar-refractivity contribution in [3.63, 3.8) is 0 Å². The highest BCUT2D eigenvalue weighted by molar-refractivity contribution is 5.97. The van der Waals surface area contributed by atoms with Crippen LogP contribution in [0.25, 0.3) is 11.4 Å². The van der Waals surface area contributed by atoms with E-state index in [9.17, 15) is 4.79 Å². The Kier molecular flexibility index (Phi) is 5.71. The molecule has 0 aliphatic heterocycles. The maximum Gasteiger partial charge on any atom is 0.179 e. The summed E-state index contributed by atoms with van der Waals surface area (Å²) in [4.78, 5) is 16.9. The Morgan fingerprint density at radius 1 is 0.968 bits per heavy atom. The minimum absolute atomic E-state index is 0.0709. The van der Waals surface area contributed by atoms with Crippen molar-refractivity contribution in [2.45, 2.75) is 32.6 Å². The van der Waals surface area contributed by atoms with Gasteiger partial charge in [0.25, 0.3) is 0 Å². The van der Waals surface area contributed by atoms with Gasteiger partial charge in [0.15, 0.2) is 11.6 Å². The zero-order chi connectivity index (χ0) is 21.8. The van der Waals surface area contributed by atoms with Gasteiger partial charge in [-0.1, -0.05) is 75.4 Å². The van der Waals surface area contributed by atoms with Gasteiger partial charge in [0.05, 0.1) is 6.42 Å². The number of H-pyrrole nitrogens is 1. The van der Waals surface area contributed by atoms with Crippen LogP contribution in [-0.4, -0.2) is 31.4 Å². The Hall–Kier alpha value is -3.67. The molecule has 1 N–H and O–H groups in total. The lowest BCUT2D eigenvalue weighted by Gasteiger charge is -2.35. The molecule has 2 heterocycles. The lowest BCUT2D eigenvalue weighted by molar-refractivity contribution is 0.0992. The molecule has 156 valence electrons. The van der Waals surface area contributed by atoms with Gasteiger partial charge in [0, 0.05) is 28.4 Å². The number of carbonyl (C=O) groups excluding carboxylic acids is 1. The van der Waals surface area contributed by atoms with E-state index in [1.165, 1.54) is 11.1 Å². The third-order valence-corrected chi connectivity index (χ3v) is 6.13. The monoisotopic (exact) mass is 411 g/mol. The number of tetrazole rings is 1. The first-order valence-corrected chi connectivity index (χ1v) is 10.4. The largest absolute Gasteiger partial charge is 0.294 e. The molecule has 0 saturated heterocycles. The maximum absolute atomic E-state index is 12.7. The topological polar surface area (TPSA) is 84.4 Å². The molecule has 0 fully saturated rings. The fourth-order valence-electron chi connectivity index (χ4n) is 3.86. The Balaban J connectivity index is 1.60. The molecule has 2 aromatic heterocycles. The van der Waals surface area contributed by atoms with E-state index in [4.69, 9.17) is 0 Å². The summed E-state index contributed by atoms with van der Waals surface area (Å²) in [5, 5.41) is 14.1. The molecular weight excluding hydrogens is 386 g/mol. The van der Waals surface area contributed by atoms with Crippen LogP contribution >= 0.6 is 0 Å². The number of nitrogens with one attached hydrogen (secondary N) is 1. The molecule has 0 saturated carbocycles. The summed E-state index contributed by atoms with van der Waals surface area (Å²) in [5.41, 5.74) is 4.59. The highest BCUT2D eigenvalue weighted by Gasteiger charge is 2.32. The van der Waals surface area contributed by atoms with Gasteiger partial charge in [-0.2, -0.15) is 0 Å². The predicted molar refractivity (Wildman–Crippen MR) is 120 cm³/mol. The van der Waals surface area contributed by atoms with Crippen molar-refractivity contribution in [1.29, 1.82) is 0 Å². The Bertz CT molecular complexity index is 1140. The lowest BCUT2D eigenvalue weighted by Crippen LogP contribution is -2.30. The minimum Gasteiger partial charge on any atom is -0.294 e. The molecule has 0 amide bonds. The molecule has 0 bridgehead atoms. The third-order valence-electron chi connectivity index (χ3n) is 6.13. The van der Waals surface area contributed by atoms with Crippen molar-refractivity contribution in [3.8, 4) is 11.4 Å². The number of rotatable bonds is 7. The van der Waals surface area contributed by atoms with Crippen LogP contribution in [0.4, 0.5) is 0 Å². The smallest absolute Gasteiger partial charge is 0.179 e. The van der Waals surface area contributed by atoms with Gasteiger partial charge in [-0.15, -0.1) is 5.10 Å². The van der Waals surface area contributed by atoms with Crippen LogP contribution in [0.15, 0.2) is 72.9 Å². The number of hydrogen-bond acceptors (Lipinski definition) is 5. The SMILES string of the molecule is CC(C)C(C)(c1ccc(C(=O)Cc2ccccn2)cc1)c1ccc(-c2nnn[nH]2)cc1. The predicted octanol–water partition coefficient (Wildman–Crippen LogP) is 4.65. The summed E-state index contributed by atoms with van der Waals surface area (Å²) in [6, 6.07) is 21.9. The molecule has 6 nitrogen and oxygen atoms in total. The Morgan fingerprint density at radius 2 is 1.65 bits per heavy atom. The molecule has 0 spiro atoms. The summed E-state index contributed by atoms with van der Waals surface area (Å²) in [6.07, 6.45) is 2.02. The van der Waals surface area contributed by atoms with Gasteiger partial charge in [-0.25, -0.2) is 5.10 Å². The van der Waals surface area contributed by atoms with Crippen molar-refractivity contribution >= 4 is 5.78 Å². The zero-order valence-corrected chi connectivity index (χ0v) is 17.9. The molecule has 6 heteroatoms. The lowest BCUT2D eigenvalue weighted by atomic mass is 9.68. The Labute approximate surface area is 181 Å². The fourth-order valence-corrected chi connectivity index (χ4v) is 3.86. The minimum atomic E-state index is -0.208. The van der Waals surface area contributed by atoms with Crippen LogP contribution in [0.3, 0.4) is 0 Å². The number of ketones is 1. The van der Waals surface area contributed by atoms with Crippen LogP contribution in [0.5, 0.6) is 0 Å².